The SMILES string of the molecule is Cc1nc2ccc(S(=O)(=O)[O-])cc2o1.[K+]. The van der Waals surface area contributed by atoms with E-state index >= 15 is 0 Å². The third-order valence-electron chi connectivity index (χ3n) is 1.76. The molecule has 5 nitrogen and oxygen atoms in total. The smallest absolute Gasteiger partial charge is 0.744 e. The van der Waals surface area contributed by atoms with Crippen LogP contribution < -0.4 is 51.4 Å². The van der Waals surface area contributed by atoms with Gasteiger partial charge in [0.15, 0.2) is 11.5 Å². The number of fused-ring (bicyclic) bond motifs is 1. The van der Waals surface area contributed by atoms with Crippen LogP contribution in [0.25, 0.3) is 11.1 Å². The first-order chi connectivity index (χ1) is 6.47. The molecule has 74 valence electrons. The molecule has 2 rings (SSSR count). The summed E-state index contributed by atoms with van der Waals surface area (Å²) in [5.41, 5.74) is 0.842. The van der Waals surface area contributed by atoms with Gasteiger partial charge in [0.25, 0.3) is 0 Å². The molecule has 0 saturated heterocycles. The number of rotatable bonds is 1. The van der Waals surface area contributed by atoms with Crippen LogP contribution in [0, 0.1) is 6.92 Å². The molecule has 15 heavy (non-hydrogen) atoms. The maximum Gasteiger partial charge on any atom is 1.00 e. The molecular formula is C8H6KNO4S. The molecule has 0 aliphatic carbocycles. The van der Waals surface area contributed by atoms with Gasteiger partial charge in [-0.25, -0.2) is 13.4 Å². The summed E-state index contributed by atoms with van der Waals surface area (Å²) in [4.78, 5) is 3.67. The summed E-state index contributed by atoms with van der Waals surface area (Å²) in [5.74, 6) is 0.431. The van der Waals surface area contributed by atoms with Gasteiger partial charge in [0.2, 0.25) is 0 Å². The van der Waals surface area contributed by atoms with Gasteiger partial charge in [-0.3, -0.25) is 0 Å². The Morgan fingerprint density at radius 3 is 2.67 bits per heavy atom. The van der Waals surface area contributed by atoms with E-state index in [2.05, 4.69) is 4.98 Å². The molecule has 1 aromatic carbocycles. The number of oxazole rings is 1. The maximum atomic E-state index is 10.7. The average Bonchev–Trinajstić information content (AvgIpc) is 2.41. The molecule has 0 unspecified atom stereocenters. The second kappa shape index (κ2) is 4.62. The fraction of sp³-hybridized carbons (Fsp3) is 0.125. The van der Waals surface area contributed by atoms with E-state index in [-0.39, 0.29) is 56.3 Å². The second-order valence-corrected chi connectivity index (χ2v) is 4.20. The van der Waals surface area contributed by atoms with Gasteiger partial charge in [0, 0.05) is 13.0 Å². The molecule has 7 heteroatoms. The summed E-state index contributed by atoms with van der Waals surface area (Å²) >= 11 is 0. The van der Waals surface area contributed by atoms with E-state index in [1.165, 1.54) is 18.2 Å². The molecule has 0 aliphatic heterocycles. The fourth-order valence-corrected chi connectivity index (χ4v) is 1.66. The third-order valence-corrected chi connectivity index (χ3v) is 2.59. The van der Waals surface area contributed by atoms with E-state index in [1.807, 2.05) is 0 Å². The molecule has 0 saturated carbocycles. The van der Waals surface area contributed by atoms with Crippen molar-refractivity contribution in [2.24, 2.45) is 0 Å². The molecule has 0 amide bonds. The van der Waals surface area contributed by atoms with Gasteiger partial charge in [-0.05, 0) is 12.1 Å². The molecule has 0 N–H and O–H groups in total. The molecular weight excluding hydrogens is 245 g/mol. The molecule has 2 aromatic rings. The van der Waals surface area contributed by atoms with Crippen LogP contribution in [0.2, 0.25) is 0 Å². The number of nitrogens with zero attached hydrogens (tertiary/aromatic N) is 1. The Balaban J connectivity index is 0.00000112. The Morgan fingerprint density at radius 1 is 1.40 bits per heavy atom. The van der Waals surface area contributed by atoms with Crippen LogP contribution in [0.4, 0.5) is 0 Å². The van der Waals surface area contributed by atoms with E-state index in [1.54, 1.807) is 6.92 Å². The van der Waals surface area contributed by atoms with Crippen molar-refractivity contribution in [1.29, 1.82) is 0 Å². The van der Waals surface area contributed by atoms with Gasteiger partial charge in [-0.2, -0.15) is 0 Å². The van der Waals surface area contributed by atoms with Crippen LogP contribution in [0.15, 0.2) is 27.5 Å². The zero-order chi connectivity index (χ0) is 10.3. The summed E-state index contributed by atoms with van der Waals surface area (Å²) in [7, 11) is -4.42. The number of hydrogen-bond donors (Lipinski definition) is 0. The van der Waals surface area contributed by atoms with E-state index in [9.17, 15) is 13.0 Å². The summed E-state index contributed by atoms with van der Waals surface area (Å²) in [6.07, 6.45) is 0. The Kier molecular flexibility index (Phi) is 4.10. The van der Waals surface area contributed by atoms with Crippen molar-refractivity contribution in [3.05, 3.63) is 24.1 Å². The van der Waals surface area contributed by atoms with Crippen LogP contribution in [0.5, 0.6) is 0 Å². The Morgan fingerprint density at radius 2 is 2.07 bits per heavy atom. The molecule has 0 radical (unpaired) electrons. The number of hydrogen-bond acceptors (Lipinski definition) is 5. The summed E-state index contributed by atoms with van der Waals surface area (Å²) < 4.78 is 37.1. The van der Waals surface area contributed by atoms with E-state index in [0.29, 0.717) is 17.0 Å². The number of aromatic nitrogens is 1. The van der Waals surface area contributed by atoms with Crippen molar-refractivity contribution >= 4 is 21.2 Å². The van der Waals surface area contributed by atoms with Gasteiger partial charge < -0.3 is 8.97 Å². The average molecular weight is 251 g/mol. The molecule has 1 aromatic heterocycles. The topological polar surface area (TPSA) is 83.2 Å². The summed E-state index contributed by atoms with van der Waals surface area (Å²) in [6, 6.07) is 3.83. The van der Waals surface area contributed by atoms with Crippen LogP contribution >= 0.6 is 0 Å². The first kappa shape index (κ1) is 13.3. The number of benzene rings is 1. The molecule has 0 atom stereocenters. The van der Waals surface area contributed by atoms with Crippen molar-refractivity contribution in [3.63, 3.8) is 0 Å². The first-order valence-electron chi connectivity index (χ1n) is 3.80. The van der Waals surface area contributed by atoms with Gasteiger partial charge in [-0.15, -0.1) is 0 Å². The molecule has 0 bridgehead atoms. The standard InChI is InChI=1S/C8H7NO4S.K/c1-5-9-7-3-2-6(14(10,11)12)4-8(7)13-5;/h2-4H,1H3,(H,10,11,12);/q;+1/p-1. The van der Waals surface area contributed by atoms with Crippen molar-refractivity contribution in [2.75, 3.05) is 0 Å². The normalized spacial score (nSPS) is 11.3. The first-order valence-corrected chi connectivity index (χ1v) is 5.21. The zero-order valence-corrected chi connectivity index (χ0v) is 12.2. The van der Waals surface area contributed by atoms with Crippen molar-refractivity contribution in [3.8, 4) is 0 Å². The minimum atomic E-state index is -4.42. The summed E-state index contributed by atoms with van der Waals surface area (Å²) in [5, 5.41) is 0. The van der Waals surface area contributed by atoms with Crippen molar-refractivity contribution in [1.82, 2.24) is 4.98 Å². The second-order valence-electron chi connectivity index (χ2n) is 2.82. The van der Waals surface area contributed by atoms with Crippen molar-refractivity contribution in [2.45, 2.75) is 11.8 Å². The Hall–Kier alpha value is 0.236. The van der Waals surface area contributed by atoms with E-state index in [0.717, 1.165) is 0 Å². The maximum absolute atomic E-state index is 10.7. The molecule has 0 fully saturated rings. The fourth-order valence-electron chi connectivity index (χ4n) is 1.18. The Labute approximate surface area is 129 Å². The molecule has 0 aliphatic rings. The largest absolute Gasteiger partial charge is 1.00 e. The predicted octanol–water partition coefficient (Wildman–Crippen LogP) is -1.96. The minimum absolute atomic E-state index is 0. The van der Waals surface area contributed by atoms with E-state index < -0.39 is 10.1 Å². The van der Waals surface area contributed by atoms with Gasteiger partial charge >= 0.3 is 51.4 Å². The van der Waals surface area contributed by atoms with E-state index in [4.69, 9.17) is 4.42 Å². The van der Waals surface area contributed by atoms with Gasteiger partial charge in [0.1, 0.15) is 15.6 Å². The van der Waals surface area contributed by atoms with Crippen molar-refractivity contribution < 1.29 is 68.8 Å². The minimum Gasteiger partial charge on any atom is -0.744 e. The monoisotopic (exact) mass is 251 g/mol. The zero-order valence-electron chi connectivity index (χ0n) is 8.22. The van der Waals surface area contributed by atoms with Gasteiger partial charge in [0.05, 0.1) is 4.90 Å². The third kappa shape index (κ3) is 2.87. The molecule has 0 spiro atoms. The van der Waals surface area contributed by atoms with Gasteiger partial charge in [-0.1, -0.05) is 0 Å². The van der Waals surface area contributed by atoms with Crippen LogP contribution in [-0.2, 0) is 10.1 Å². The number of aryl methyl sites for hydroxylation is 1. The van der Waals surface area contributed by atoms with Crippen LogP contribution in [-0.4, -0.2) is 18.0 Å². The summed E-state index contributed by atoms with van der Waals surface area (Å²) in [6.45, 7) is 1.64. The Bertz CT molecular complexity index is 590. The predicted molar refractivity (Wildman–Crippen MR) is 46.7 cm³/mol. The van der Waals surface area contributed by atoms with Crippen LogP contribution in [0.1, 0.15) is 5.89 Å². The molecule has 1 heterocycles. The van der Waals surface area contributed by atoms with Crippen LogP contribution in [0.3, 0.4) is 0 Å². The quantitative estimate of drug-likeness (QED) is 0.434.